The summed E-state index contributed by atoms with van der Waals surface area (Å²) in [5.41, 5.74) is 4.06. The van der Waals surface area contributed by atoms with Crippen molar-refractivity contribution in [2.75, 3.05) is 11.9 Å². The van der Waals surface area contributed by atoms with E-state index in [2.05, 4.69) is 5.32 Å². The van der Waals surface area contributed by atoms with Crippen LogP contribution >= 0.6 is 11.3 Å². The van der Waals surface area contributed by atoms with Crippen LogP contribution in [0.2, 0.25) is 0 Å². The second-order valence-corrected chi connectivity index (χ2v) is 7.14. The molecule has 1 aromatic carbocycles. The molecule has 142 valence electrons. The Hall–Kier alpha value is -2.93. The molecule has 2 N–H and O–H groups in total. The van der Waals surface area contributed by atoms with E-state index in [1.54, 1.807) is 6.92 Å². The Kier molecular flexibility index (Phi) is 6.52. The van der Waals surface area contributed by atoms with Gasteiger partial charge in [-0.05, 0) is 44.4 Å². The van der Waals surface area contributed by atoms with E-state index in [4.69, 9.17) is 9.84 Å². The van der Waals surface area contributed by atoms with Gasteiger partial charge in [0.05, 0.1) is 6.61 Å². The first-order valence-electron chi connectivity index (χ1n) is 8.34. The number of carbonyl (C=O) groups is 3. The first kappa shape index (κ1) is 20.4. The second-order valence-electron chi connectivity index (χ2n) is 5.92. The zero-order chi connectivity index (χ0) is 20.1. The van der Waals surface area contributed by atoms with Crippen LogP contribution in [-0.2, 0) is 14.3 Å². The summed E-state index contributed by atoms with van der Waals surface area (Å²) in [7, 11) is 0. The van der Waals surface area contributed by atoms with E-state index in [0.29, 0.717) is 10.6 Å². The van der Waals surface area contributed by atoms with Crippen LogP contribution in [0.25, 0.3) is 11.1 Å². The Bertz CT molecular complexity index is 927. The molecule has 0 saturated heterocycles. The Morgan fingerprint density at radius 1 is 1.15 bits per heavy atom. The minimum atomic E-state index is -1.23. The summed E-state index contributed by atoms with van der Waals surface area (Å²) in [5, 5.41) is 11.6. The van der Waals surface area contributed by atoms with Gasteiger partial charge in [-0.2, -0.15) is 0 Å². The molecule has 0 aliphatic carbocycles. The largest absolute Gasteiger partial charge is 0.478 e. The van der Waals surface area contributed by atoms with Crippen molar-refractivity contribution in [1.29, 1.82) is 0 Å². The average Bonchev–Trinajstić information content (AvgIpc) is 2.91. The minimum absolute atomic E-state index is 0.201. The van der Waals surface area contributed by atoms with E-state index >= 15 is 0 Å². The number of amides is 1. The molecule has 1 aromatic heterocycles. The van der Waals surface area contributed by atoms with Crippen molar-refractivity contribution in [2.45, 2.75) is 27.7 Å². The third-order valence-corrected chi connectivity index (χ3v) is 4.99. The molecule has 0 fully saturated rings. The van der Waals surface area contributed by atoms with Gasteiger partial charge in [0, 0.05) is 22.6 Å². The standard InChI is InChI=1S/C20H21NO5S/c1-5-26-20(25)18-17(14-7-6-11(2)12(3)10-14)13(4)27-19(18)21-15(22)8-9-16(23)24/h6-10H,5H2,1-4H3,(H,21,22)(H,23,24)/b9-8+. The Balaban J connectivity index is 2.55. The molecule has 0 unspecified atom stereocenters. The smallest absolute Gasteiger partial charge is 0.341 e. The molecule has 0 spiro atoms. The molecule has 0 saturated carbocycles. The summed E-state index contributed by atoms with van der Waals surface area (Å²) in [5.74, 6) is -2.39. The highest BCUT2D eigenvalue weighted by Gasteiger charge is 2.25. The van der Waals surface area contributed by atoms with Crippen LogP contribution in [-0.4, -0.2) is 29.6 Å². The van der Waals surface area contributed by atoms with E-state index in [1.807, 2.05) is 39.0 Å². The van der Waals surface area contributed by atoms with Crippen molar-refractivity contribution in [1.82, 2.24) is 0 Å². The molecular weight excluding hydrogens is 366 g/mol. The fraction of sp³-hybridized carbons (Fsp3) is 0.250. The van der Waals surface area contributed by atoms with Gasteiger partial charge >= 0.3 is 11.9 Å². The monoisotopic (exact) mass is 387 g/mol. The summed E-state index contributed by atoms with van der Waals surface area (Å²) in [6, 6.07) is 5.89. The van der Waals surface area contributed by atoms with Gasteiger partial charge in [-0.1, -0.05) is 18.2 Å². The van der Waals surface area contributed by atoms with E-state index in [0.717, 1.165) is 33.7 Å². The summed E-state index contributed by atoms with van der Waals surface area (Å²) in [4.78, 5) is 36.0. The Morgan fingerprint density at radius 2 is 1.85 bits per heavy atom. The lowest BCUT2D eigenvalue weighted by atomic mass is 9.97. The number of esters is 1. The summed E-state index contributed by atoms with van der Waals surface area (Å²) in [6.45, 7) is 7.77. The lowest BCUT2D eigenvalue weighted by molar-refractivity contribution is -0.131. The molecule has 2 rings (SSSR count). The predicted molar refractivity (Wildman–Crippen MR) is 105 cm³/mol. The number of aryl methyl sites for hydroxylation is 3. The second kappa shape index (κ2) is 8.64. The van der Waals surface area contributed by atoms with Crippen molar-refractivity contribution in [2.24, 2.45) is 0 Å². The first-order valence-corrected chi connectivity index (χ1v) is 9.16. The topological polar surface area (TPSA) is 92.7 Å². The molecule has 0 bridgehead atoms. The summed E-state index contributed by atoms with van der Waals surface area (Å²) < 4.78 is 5.18. The van der Waals surface area contributed by atoms with Crippen LogP contribution in [0.5, 0.6) is 0 Å². The number of hydrogen-bond donors (Lipinski definition) is 2. The van der Waals surface area contributed by atoms with Gasteiger partial charge in [-0.15, -0.1) is 11.3 Å². The number of rotatable bonds is 6. The van der Waals surface area contributed by atoms with Gasteiger partial charge in [0.15, 0.2) is 0 Å². The normalized spacial score (nSPS) is 10.8. The number of ether oxygens (including phenoxy) is 1. The van der Waals surface area contributed by atoms with Gasteiger partial charge in [-0.3, -0.25) is 4.79 Å². The van der Waals surface area contributed by atoms with Crippen LogP contribution in [0.4, 0.5) is 5.00 Å². The van der Waals surface area contributed by atoms with E-state index in [9.17, 15) is 14.4 Å². The van der Waals surface area contributed by atoms with Crippen LogP contribution < -0.4 is 5.32 Å². The van der Waals surface area contributed by atoms with E-state index in [-0.39, 0.29) is 12.2 Å². The van der Waals surface area contributed by atoms with Crippen molar-refractivity contribution in [3.05, 3.63) is 51.9 Å². The van der Waals surface area contributed by atoms with Crippen molar-refractivity contribution >= 4 is 34.2 Å². The molecule has 0 aliphatic rings. The summed E-state index contributed by atoms with van der Waals surface area (Å²) >= 11 is 1.25. The number of thiophene rings is 1. The Labute approximate surface area is 161 Å². The molecule has 27 heavy (non-hydrogen) atoms. The van der Waals surface area contributed by atoms with Gasteiger partial charge in [-0.25, -0.2) is 9.59 Å². The van der Waals surface area contributed by atoms with Gasteiger partial charge < -0.3 is 15.2 Å². The molecule has 1 amide bonds. The quantitative estimate of drug-likeness (QED) is 0.575. The average molecular weight is 387 g/mol. The predicted octanol–water partition coefficient (Wildman–Crippen LogP) is 4.10. The molecule has 2 aromatic rings. The third-order valence-electron chi connectivity index (χ3n) is 3.97. The Morgan fingerprint density at radius 3 is 2.44 bits per heavy atom. The van der Waals surface area contributed by atoms with Crippen LogP contribution in [0.1, 0.15) is 33.3 Å². The number of anilines is 1. The van der Waals surface area contributed by atoms with Crippen LogP contribution in [0.3, 0.4) is 0 Å². The molecule has 1 heterocycles. The fourth-order valence-corrected chi connectivity index (χ4v) is 3.64. The molecule has 0 aliphatic heterocycles. The number of carboxylic acid groups (broad SMARTS) is 1. The summed E-state index contributed by atoms with van der Waals surface area (Å²) in [6.07, 6.45) is 1.64. The van der Waals surface area contributed by atoms with Crippen LogP contribution in [0.15, 0.2) is 30.4 Å². The fourth-order valence-electron chi connectivity index (χ4n) is 2.58. The molecule has 0 radical (unpaired) electrons. The van der Waals surface area contributed by atoms with Crippen LogP contribution in [0, 0.1) is 20.8 Å². The maximum absolute atomic E-state index is 12.6. The zero-order valence-corrected chi connectivity index (χ0v) is 16.4. The maximum Gasteiger partial charge on any atom is 0.341 e. The van der Waals surface area contributed by atoms with Crippen molar-refractivity contribution in [3.63, 3.8) is 0 Å². The highest BCUT2D eigenvalue weighted by atomic mass is 32.1. The highest BCUT2D eigenvalue weighted by Crippen LogP contribution is 2.40. The number of carboxylic acids is 1. The first-order chi connectivity index (χ1) is 12.7. The zero-order valence-electron chi connectivity index (χ0n) is 15.6. The van der Waals surface area contributed by atoms with Crippen molar-refractivity contribution < 1.29 is 24.2 Å². The van der Waals surface area contributed by atoms with Gasteiger partial charge in [0.2, 0.25) is 5.91 Å². The maximum atomic E-state index is 12.6. The number of hydrogen-bond acceptors (Lipinski definition) is 5. The number of carbonyl (C=O) groups excluding carboxylic acids is 2. The van der Waals surface area contributed by atoms with Gasteiger partial charge in [0.25, 0.3) is 0 Å². The highest BCUT2D eigenvalue weighted by molar-refractivity contribution is 7.17. The molecule has 0 atom stereocenters. The molecular formula is C20H21NO5S. The lowest BCUT2D eigenvalue weighted by Gasteiger charge is -2.10. The molecule has 7 heteroatoms. The van der Waals surface area contributed by atoms with E-state index < -0.39 is 17.8 Å². The number of aliphatic carboxylic acids is 1. The minimum Gasteiger partial charge on any atom is -0.478 e. The van der Waals surface area contributed by atoms with Gasteiger partial charge in [0.1, 0.15) is 10.6 Å². The van der Waals surface area contributed by atoms with Crippen molar-refractivity contribution in [3.8, 4) is 11.1 Å². The molecule has 6 nitrogen and oxygen atoms in total. The SMILES string of the molecule is CCOC(=O)c1c(NC(=O)/C=C/C(=O)O)sc(C)c1-c1ccc(C)c(C)c1. The van der Waals surface area contributed by atoms with E-state index in [1.165, 1.54) is 11.3 Å². The third kappa shape index (κ3) is 4.83. The number of nitrogens with one attached hydrogen (secondary N) is 1. The number of benzene rings is 1. The lowest BCUT2D eigenvalue weighted by Crippen LogP contribution is -2.13.